The lowest BCUT2D eigenvalue weighted by atomic mass is 10.0. The number of hydrogen-bond donors (Lipinski definition) is 2. The molecule has 0 saturated carbocycles. The lowest BCUT2D eigenvalue weighted by Crippen LogP contribution is -2.08. The van der Waals surface area contributed by atoms with Crippen LogP contribution in [0.3, 0.4) is 0 Å². The Bertz CT molecular complexity index is 721. The summed E-state index contributed by atoms with van der Waals surface area (Å²) in [5, 5.41) is 0. The Morgan fingerprint density at radius 1 is 0.315 bits per heavy atom. The van der Waals surface area contributed by atoms with E-state index in [9.17, 15) is 0 Å². The Morgan fingerprint density at radius 3 is 0.611 bits per heavy atom. The maximum absolute atomic E-state index is 8.74. The van der Waals surface area contributed by atoms with E-state index in [-0.39, 0.29) is 0 Å². The maximum atomic E-state index is 8.74. The minimum atomic E-state index is -4.67. The first-order valence-corrected chi connectivity index (χ1v) is 27.3. The van der Waals surface area contributed by atoms with Crippen molar-refractivity contribution in [3.63, 3.8) is 0 Å². The van der Waals surface area contributed by atoms with Crippen molar-refractivity contribution in [1.82, 2.24) is 0 Å². The molecule has 0 aliphatic carbocycles. The first kappa shape index (κ1) is 56.4. The van der Waals surface area contributed by atoms with Gasteiger partial charge in [0.05, 0.1) is 0 Å². The van der Waals surface area contributed by atoms with E-state index < -0.39 is 10.4 Å². The zero-order valence-corrected chi connectivity index (χ0v) is 39.3. The van der Waals surface area contributed by atoms with E-state index in [4.69, 9.17) is 17.5 Å². The molecule has 0 bridgehead atoms. The second-order valence-electron chi connectivity index (χ2n) is 17.1. The van der Waals surface area contributed by atoms with Crippen LogP contribution in [0.4, 0.5) is 0 Å². The van der Waals surface area contributed by atoms with Crippen LogP contribution in [-0.4, -0.2) is 28.8 Å². The Morgan fingerprint density at radius 2 is 0.463 bits per heavy atom. The molecule has 2 N–H and O–H groups in total. The van der Waals surface area contributed by atoms with Gasteiger partial charge in [-0.1, -0.05) is 272 Å². The fraction of sp³-hybridized carbons (Fsp3) is 1.00. The summed E-state index contributed by atoms with van der Waals surface area (Å²) in [6, 6.07) is 0. The Balaban J connectivity index is 0. The van der Waals surface area contributed by atoms with Crippen molar-refractivity contribution in [3.8, 4) is 0 Å². The van der Waals surface area contributed by atoms with Gasteiger partial charge in [0.2, 0.25) is 0 Å². The van der Waals surface area contributed by atoms with Gasteiger partial charge >= 0.3 is 10.4 Å². The molecule has 0 radical (unpaired) electrons. The van der Waals surface area contributed by atoms with Crippen molar-refractivity contribution in [2.75, 3.05) is 0 Å². The molecule has 4 nitrogen and oxygen atoms in total. The topological polar surface area (TPSA) is 74.6 Å². The molecule has 2 unspecified atom stereocenters. The third-order valence-electron chi connectivity index (χ3n) is 11.8. The average Bonchev–Trinajstić information content (AvgIpc) is 3.14. The van der Waals surface area contributed by atoms with Crippen LogP contribution in [0.25, 0.3) is 0 Å². The lowest BCUT2D eigenvalue weighted by Gasteiger charge is -2.22. The molecular formula is C48H101O4PS. The molecule has 0 rings (SSSR count). The zero-order valence-electron chi connectivity index (χ0n) is 37.5. The van der Waals surface area contributed by atoms with Gasteiger partial charge in [-0.25, -0.2) is 0 Å². The van der Waals surface area contributed by atoms with Crippen molar-refractivity contribution < 1.29 is 17.5 Å². The predicted molar refractivity (Wildman–Crippen MR) is 247 cm³/mol. The van der Waals surface area contributed by atoms with Crippen LogP contribution in [0.1, 0.15) is 297 Å². The second kappa shape index (κ2) is 47.7. The quantitative estimate of drug-likeness (QED) is 0.0365. The van der Waals surface area contributed by atoms with Crippen molar-refractivity contribution in [3.05, 3.63) is 0 Å². The highest BCUT2D eigenvalue weighted by Crippen LogP contribution is 2.36. The molecule has 0 aliphatic heterocycles. The van der Waals surface area contributed by atoms with Crippen molar-refractivity contribution in [2.45, 2.75) is 309 Å². The van der Waals surface area contributed by atoms with Gasteiger partial charge in [-0.15, -0.1) is 8.58 Å². The van der Waals surface area contributed by atoms with E-state index in [1.807, 2.05) is 0 Å². The maximum Gasteiger partial charge on any atom is 0.394 e. The summed E-state index contributed by atoms with van der Waals surface area (Å²) in [5.74, 6) is 0. The molecule has 0 aromatic heterocycles. The number of rotatable bonds is 44. The van der Waals surface area contributed by atoms with Crippen LogP contribution in [0.15, 0.2) is 0 Å². The van der Waals surface area contributed by atoms with Gasteiger partial charge in [-0.05, 0) is 37.0 Å². The van der Waals surface area contributed by atoms with Crippen LogP contribution in [0.5, 0.6) is 0 Å². The molecule has 0 spiro atoms. The minimum absolute atomic E-state index is 1.02. The van der Waals surface area contributed by atoms with Gasteiger partial charge in [-0.3, -0.25) is 9.11 Å². The smallest absolute Gasteiger partial charge is 0.264 e. The Hall–Kier alpha value is 0.300. The molecule has 0 amide bonds. The normalized spacial score (nSPS) is 13.1. The van der Waals surface area contributed by atoms with Crippen LogP contribution in [-0.2, 0) is 10.4 Å². The number of hydrogen-bond acceptors (Lipinski definition) is 2. The van der Waals surface area contributed by atoms with Gasteiger partial charge in [0.15, 0.2) is 0 Å². The van der Waals surface area contributed by atoms with E-state index >= 15 is 0 Å². The summed E-state index contributed by atoms with van der Waals surface area (Å²) >= 11 is 0. The standard InChI is InChI=1S/C48H99P.H2O4S/c1-5-9-11-13-15-17-19-21-23-25-27-29-31-33-35-37-39-41-43-45-47(7-3)49-48(8-4)46-44-42-40-38-36-34-32-30-28-26-24-22-20-18-16-14-12-10-6-2;1-5(2,3)4/h47-49H,5-46H2,1-4H3;(H2,1,2,3,4). The van der Waals surface area contributed by atoms with Gasteiger partial charge in [-0.2, -0.15) is 8.42 Å². The molecule has 328 valence electrons. The van der Waals surface area contributed by atoms with E-state index in [0.29, 0.717) is 0 Å². The zero-order chi connectivity index (χ0) is 40.1. The summed E-state index contributed by atoms with van der Waals surface area (Å²) in [7, 11) is -3.43. The molecule has 0 aromatic rings. The highest BCUT2D eigenvalue weighted by molar-refractivity contribution is 7.79. The van der Waals surface area contributed by atoms with Crippen LogP contribution < -0.4 is 0 Å². The molecule has 0 heterocycles. The molecule has 54 heavy (non-hydrogen) atoms. The largest absolute Gasteiger partial charge is 0.394 e. The van der Waals surface area contributed by atoms with Crippen LogP contribution in [0.2, 0.25) is 0 Å². The summed E-state index contributed by atoms with van der Waals surface area (Å²) in [6.45, 7) is 9.57. The summed E-state index contributed by atoms with van der Waals surface area (Å²) < 4.78 is 31.6. The van der Waals surface area contributed by atoms with Crippen molar-refractivity contribution in [1.29, 1.82) is 0 Å². The summed E-state index contributed by atoms with van der Waals surface area (Å²) in [4.78, 5) is 0. The highest BCUT2D eigenvalue weighted by Gasteiger charge is 2.13. The van der Waals surface area contributed by atoms with E-state index in [1.165, 1.54) is 278 Å². The molecule has 0 aromatic carbocycles. The third-order valence-corrected chi connectivity index (χ3v) is 14.1. The van der Waals surface area contributed by atoms with Gasteiger partial charge < -0.3 is 0 Å². The molecular weight excluding hydrogens is 704 g/mol. The van der Waals surface area contributed by atoms with E-state index in [1.54, 1.807) is 0 Å². The van der Waals surface area contributed by atoms with Gasteiger partial charge in [0.1, 0.15) is 0 Å². The predicted octanol–water partition coefficient (Wildman–Crippen LogP) is 18.2. The fourth-order valence-electron chi connectivity index (χ4n) is 8.08. The third kappa shape index (κ3) is 54.4. The van der Waals surface area contributed by atoms with E-state index in [2.05, 4.69) is 27.7 Å². The summed E-state index contributed by atoms with van der Waals surface area (Å²) in [6.07, 6.45) is 62.2. The van der Waals surface area contributed by atoms with E-state index in [0.717, 1.165) is 11.3 Å². The Labute approximate surface area is 343 Å². The Kier molecular flexibility index (Phi) is 49.8. The number of unbranched alkanes of at least 4 members (excludes halogenated alkanes) is 36. The van der Waals surface area contributed by atoms with Crippen molar-refractivity contribution >= 4 is 19.0 Å². The first-order valence-electron chi connectivity index (χ1n) is 24.7. The molecule has 2 atom stereocenters. The average molecular weight is 805 g/mol. The molecule has 0 aliphatic rings. The first-order chi connectivity index (χ1) is 26.3. The molecule has 0 saturated heterocycles. The summed E-state index contributed by atoms with van der Waals surface area (Å²) in [5.41, 5.74) is 2.05. The van der Waals surface area contributed by atoms with Gasteiger partial charge in [0, 0.05) is 0 Å². The molecule has 6 heteroatoms. The van der Waals surface area contributed by atoms with Crippen LogP contribution in [0, 0.1) is 0 Å². The van der Waals surface area contributed by atoms with Crippen LogP contribution >= 0.6 is 8.58 Å². The second-order valence-corrected chi connectivity index (χ2v) is 20.0. The highest BCUT2D eigenvalue weighted by atomic mass is 32.3. The minimum Gasteiger partial charge on any atom is -0.264 e. The SMILES string of the molecule is CCCCCCCCCCCCCCCCCCCCCC(CC)PC(CC)CCCCCCCCCCCCCCCCCCCCC.O=S(=O)(O)O. The van der Waals surface area contributed by atoms with Crippen molar-refractivity contribution in [2.24, 2.45) is 0 Å². The molecule has 0 fully saturated rings. The monoisotopic (exact) mass is 805 g/mol. The lowest BCUT2D eigenvalue weighted by molar-refractivity contribution is 0.381. The fourth-order valence-corrected chi connectivity index (χ4v) is 9.96. The van der Waals surface area contributed by atoms with Gasteiger partial charge in [0.25, 0.3) is 0 Å².